The van der Waals surface area contributed by atoms with Crippen molar-refractivity contribution in [3.8, 4) is 0 Å². The standard InChI is InChI=1S/C24H30N4O4/c1-16-14-28(7-8-32-16)15-20-6-4-5-19(9-20)13-25-24(31)21-10-22(26-17(2)29)12-23(11-21)27-18(3)30/h4-6,9-12,16H,7-8,13-15H2,1-3H3,(H,25,31)(H,26,29)(H,27,30). The maximum absolute atomic E-state index is 12.8. The van der Waals surface area contributed by atoms with Crippen molar-refractivity contribution in [2.75, 3.05) is 30.3 Å². The Kier molecular flexibility index (Phi) is 7.97. The highest BCUT2D eigenvalue weighted by Crippen LogP contribution is 2.20. The van der Waals surface area contributed by atoms with Gasteiger partial charge in [-0.1, -0.05) is 24.3 Å². The summed E-state index contributed by atoms with van der Waals surface area (Å²) in [5.41, 5.74) is 3.41. The van der Waals surface area contributed by atoms with Gasteiger partial charge >= 0.3 is 0 Å². The number of nitrogens with zero attached hydrogens (tertiary/aromatic N) is 1. The summed E-state index contributed by atoms with van der Waals surface area (Å²) in [5.74, 6) is -0.818. The van der Waals surface area contributed by atoms with Crippen LogP contribution in [-0.2, 0) is 27.4 Å². The van der Waals surface area contributed by atoms with Gasteiger partial charge in [0.1, 0.15) is 0 Å². The van der Waals surface area contributed by atoms with Gasteiger partial charge in [-0.05, 0) is 36.2 Å². The van der Waals surface area contributed by atoms with E-state index in [0.717, 1.165) is 31.8 Å². The van der Waals surface area contributed by atoms with Crippen LogP contribution >= 0.6 is 0 Å². The Morgan fingerprint density at radius 3 is 2.28 bits per heavy atom. The van der Waals surface area contributed by atoms with E-state index in [1.54, 1.807) is 18.2 Å². The lowest BCUT2D eigenvalue weighted by Crippen LogP contribution is -2.40. The fourth-order valence-electron chi connectivity index (χ4n) is 3.72. The smallest absolute Gasteiger partial charge is 0.251 e. The van der Waals surface area contributed by atoms with E-state index in [2.05, 4.69) is 39.9 Å². The topological polar surface area (TPSA) is 99.8 Å². The van der Waals surface area contributed by atoms with E-state index < -0.39 is 0 Å². The number of nitrogens with one attached hydrogen (secondary N) is 3. The van der Waals surface area contributed by atoms with Crippen LogP contribution in [0.5, 0.6) is 0 Å². The Morgan fingerprint density at radius 1 is 1.00 bits per heavy atom. The number of hydrogen-bond acceptors (Lipinski definition) is 5. The highest BCUT2D eigenvalue weighted by molar-refractivity contribution is 5.99. The van der Waals surface area contributed by atoms with Crippen molar-refractivity contribution in [3.63, 3.8) is 0 Å². The Morgan fingerprint density at radius 2 is 1.66 bits per heavy atom. The molecule has 3 amide bonds. The lowest BCUT2D eigenvalue weighted by molar-refractivity contribution is -0.115. The van der Waals surface area contributed by atoms with Gasteiger partial charge in [-0.15, -0.1) is 0 Å². The largest absolute Gasteiger partial charge is 0.376 e. The quantitative estimate of drug-likeness (QED) is 0.617. The van der Waals surface area contributed by atoms with Crippen LogP contribution in [0.4, 0.5) is 11.4 Å². The van der Waals surface area contributed by atoms with Gasteiger partial charge in [0.2, 0.25) is 11.8 Å². The summed E-state index contributed by atoms with van der Waals surface area (Å²) in [6, 6.07) is 12.9. The predicted molar refractivity (Wildman–Crippen MR) is 123 cm³/mol. The molecule has 0 radical (unpaired) electrons. The van der Waals surface area contributed by atoms with Gasteiger partial charge in [0, 0.05) is 57.0 Å². The molecule has 170 valence electrons. The van der Waals surface area contributed by atoms with E-state index in [9.17, 15) is 14.4 Å². The molecule has 0 aromatic heterocycles. The molecule has 1 aliphatic heterocycles. The third kappa shape index (κ3) is 7.18. The zero-order chi connectivity index (χ0) is 23.1. The summed E-state index contributed by atoms with van der Waals surface area (Å²) in [6.45, 7) is 8.62. The van der Waals surface area contributed by atoms with E-state index in [0.29, 0.717) is 23.5 Å². The number of amides is 3. The van der Waals surface area contributed by atoms with Gasteiger partial charge in [-0.2, -0.15) is 0 Å². The number of morpholine rings is 1. The predicted octanol–water partition coefficient (Wildman–Crippen LogP) is 2.75. The maximum atomic E-state index is 12.8. The molecule has 0 bridgehead atoms. The fourth-order valence-corrected chi connectivity index (χ4v) is 3.72. The van der Waals surface area contributed by atoms with Crippen LogP contribution in [0, 0.1) is 0 Å². The minimum Gasteiger partial charge on any atom is -0.376 e. The number of carbonyl (C=O) groups excluding carboxylic acids is 3. The monoisotopic (exact) mass is 438 g/mol. The first kappa shape index (κ1) is 23.4. The van der Waals surface area contributed by atoms with Gasteiger partial charge in [0.15, 0.2) is 0 Å². The SMILES string of the molecule is CC(=O)Nc1cc(NC(C)=O)cc(C(=O)NCc2cccc(CN3CCOC(C)C3)c2)c1. The number of carbonyl (C=O) groups is 3. The second kappa shape index (κ2) is 10.9. The average Bonchev–Trinajstić information content (AvgIpc) is 2.71. The molecule has 1 aliphatic rings. The number of hydrogen-bond donors (Lipinski definition) is 3. The van der Waals surface area contributed by atoms with Crippen molar-refractivity contribution in [1.29, 1.82) is 0 Å². The molecular weight excluding hydrogens is 408 g/mol. The highest BCUT2D eigenvalue weighted by atomic mass is 16.5. The van der Waals surface area contributed by atoms with Gasteiger partial charge in [0.25, 0.3) is 5.91 Å². The summed E-state index contributed by atoms with van der Waals surface area (Å²) in [4.78, 5) is 38.0. The molecule has 3 N–H and O–H groups in total. The van der Waals surface area contributed by atoms with E-state index in [1.165, 1.54) is 19.4 Å². The number of benzene rings is 2. The Hall–Kier alpha value is -3.23. The van der Waals surface area contributed by atoms with E-state index >= 15 is 0 Å². The van der Waals surface area contributed by atoms with Gasteiger partial charge in [-0.3, -0.25) is 19.3 Å². The lowest BCUT2D eigenvalue weighted by atomic mass is 10.1. The van der Waals surface area contributed by atoms with Crippen molar-refractivity contribution >= 4 is 29.1 Å². The second-order valence-corrected chi connectivity index (χ2v) is 8.08. The third-order valence-electron chi connectivity index (χ3n) is 5.01. The Balaban J connectivity index is 1.65. The summed E-state index contributed by atoms with van der Waals surface area (Å²) >= 11 is 0. The van der Waals surface area contributed by atoms with E-state index in [1.807, 2.05) is 12.1 Å². The molecule has 0 spiro atoms. The second-order valence-electron chi connectivity index (χ2n) is 8.08. The summed E-state index contributed by atoms with van der Waals surface area (Å²) in [6.07, 6.45) is 0.238. The maximum Gasteiger partial charge on any atom is 0.251 e. The van der Waals surface area contributed by atoms with Crippen LogP contribution < -0.4 is 16.0 Å². The summed E-state index contributed by atoms with van der Waals surface area (Å²) in [5, 5.41) is 8.22. The molecule has 2 aromatic rings. The van der Waals surface area contributed by atoms with Crippen molar-refractivity contribution in [1.82, 2.24) is 10.2 Å². The van der Waals surface area contributed by atoms with Gasteiger partial charge < -0.3 is 20.7 Å². The van der Waals surface area contributed by atoms with Crippen molar-refractivity contribution in [2.45, 2.75) is 40.0 Å². The minimum atomic E-state index is -0.295. The first-order valence-electron chi connectivity index (χ1n) is 10.7. The third-order valence-corrected chi connectivity index (χ3v) is 5.01. The molecule has 0 aliphatic carbocycles. The van der Waals surface area contributed by atoms with E-state index in [4.69, 9.17) is 4.74 Å². The van der Waals surface area contributed by atoms with Gasteiger partial charge in [0.05, 0.1) is 12.7 Å². The molecule has 1 unspecified atom stereocenters. The molecular formula is C24H30N4O4. The molecule has 8 nitrogen and oxygen atoms in total. The highest BCUT2D eigenvalue weighted by Gasteiger charge is 2.17. The van der Waals surface area contributed by atoms with Crippen molar-refractivity contribution in [2.24, 2.45) is 0 Å². The van der Waals surface area contributed by atoms with Crippen LogP contribution in [0.2, 0.25) is 0 Å². The lowest BCUT2D eigenvalue weighted by Gasteiger charge is -2.31. The first-order chi connectivity index (χ1) is 15.3. The van der Waals surface area contributed by atoms with Crippen LogP contribution in [-0.4, -0.2) is 48.4 Å². The van der Waals surface area contributed by atoms with Crippen LogP contribution in [0.3, 0.4) is 0 Å². The van der Waals surface area contributed by atoms with Crippen molar-refractivity contribution in [3.05, 3.63) is 59.2 Å². The molecule has 1 heterocycles. The molecule has 1 atom stereocenters. The molecule has 32 heavy (non-hydrogen) atoms. The first-order valence-corrected chi connectivity index (χ1v) is 10.7. The molecule has 0 saturated carbocycles. The molecule has 8 heteroatoms. The van der Waals surface area contributed by atoms with Gasteiger partial charge in [-0.25, -0.2) is 0 Å². The van der Waals surface area contributed by atoms with Crippen molar-refractivity contribution < 1.29 is 19.1 Å². The number of rotatable bonds is 7. The summed E-state index contributed by atoms with van der Waals surface area (Å²) < 4.78 is 5.60. The van der Waals surface area contributed by atoms with Crippen LogP contribution in [0.1, 0.15) is 42.3 Å². The average molecular weight is 439 g/mol. The van der Waals surface area contributed by atoms with E-state index in [-0.39, 0.29) is 23.8 Å². The number of ether oxygens (including phenoxy) is 1. The molecule has 2 aromatic carbocycles. The molecule has 1 saturated heterocycles. The fraction of sp³-hybridized carbons (Fsp3) is 0.375. The summed E-state index contributed by atoms with van der Waals surface area (Å²) in [7, 11) is 0. The minimum absolute atomic E-state index is 0.238. The zero-order valence-corrected chi connectivity index (χ0v) is 18.7. The molecule has 3 rings (SSSR count). The zero-order valence-electron chi connectivity index (χ0n) is 18.7. The molecule has 1 fully saturated rings. The van der Waals surface area contributed by atoms with Crippen LogP contribution in [0.25, 0.3) is 0 Å². The number of anilines is 2. The Labute approximate surface area is 188 Å². The Bertz CT molecular complexity index is 957. The normalized spacial score (nSPS) is 16.3. The van der Waals surface area contributed by atoms with Crippen LogP contribution in [0.15, 0.2) is 42.5 Å².